The van der Waals surface area contributed by atoms with E-state index in [0.717, 1.165) is 11.3 Å². The quantitative estimate of drug-likeness (QED) is 0.730. The van der Waals surface area contributed by atoms with E-state index < -0.39 is 6.10 Å². The van der Waals surface area contributed by atoms with E-state index in [4.69, 9.17) is 4.42 Å². The Bertz CT molecular complexity index is 785. The van der Waals surface area contributed by atoms with Crippen LogP contribution in [-0.2, 0) is 6.54 Å². The SMILES string of the molecule is C[C@H]([NH2+]Cc1ccc(-c2ccccc2F)o1)[C@H](O)c1ccccc1. The van der Waals surface area contributed by atoms with Gasteiger partial charge in [-0.15, -0.1) is 0 Å². The van der Waals surface area contributed by atoms with Crippen LogP contribution in [0.25, 0.3) is 11.3 Å². The third-order valence-electron chi connectivity index (χ3n) is 4.13. The minimum absolute atomic E-state index is 0.0191. The standard InChI is InChI=1S/C20H20FNO2/c1-14(20(23)15-7-3-2-4-8-15)22-13-16-11-12-19(24-16)17-9-5-6-10-18(17)21/h2-12,14,20,22-23H,13H2,1H3/p+1/t14-,20-/m0/s1. The fourth-order valence-corrected chi connectivity index (χ4v) is 2.68. The molecule has 3 N–H and O–H groups in total. The van der Waals surface area contributed by atoms with E-state index in [2.05, 4.69) is 0 Å². The zero-order valence-corrected chi connectivity index (χ0v) is 13.5. The average Bonchev–Trinajstić information content (AvgIpc) is 3.09. The summed E-state index contributed by atoms with van der Waals surface area (Å²) in [4.78, 5) is 0. The van der Waals surface area contributed by atoms with Gasteiger partial charge in [0.1, 0.15) is 30.3 Å². The molecule has 0 fully saturated rings. The van der Waals surface area contributed by atoms with Crippen molar-refractivity contribution in [2.24, 2.45) is 0 Å². The second kappa shape index (κ2) is 7.43. The number of hydrogen-bond acceptors (Lipinski definition) is 2. The highest BCUT2D eigenvalue weighted by molar-refractivity contribution is 5.58. The van der Waals surface area contributed by atoms with Gasteiger partial charge in [0.05, 0.1) is 5.56 Å². The largest absolute Gasteiger partial charge is 0.455 e. The van der Waals surface area contributed by atoms with Crippen LogP contribution in [0.15, 0.2) is 71.1 Å². The highest BCUT2D eigenvalue weighted by Crippen LogP contribution is 2.24. The molecule has 0 unspecified atom stereocenters. The molecule has 0 aliphatic carbocycles. The van der Waals surface area contributed by atoms with Crippen LogP contribution in [0.3, 0.4) is 0 Å². The van der Waals surface area contributed by atoms with E-state index in [9.17, 15) is 9.50 Å². The summed E-state index contributed by atoms with van der Waals surface area (Å²) in [5, 5.41) is 12.4. The summed E-state index contributed by atoms with van der Waals surface area (Å²) in [6.07, 6.45) is -0.549. The van der Waals surface area contributed by atoms with Crippen LogP contribution < -0.4 is 5.32 Å². The van der Waals surface area contributed by atoms with Crippen molar-refractivity contribution in [3.8, 4) is 11.3 Å². The molecule has 0 spiro atoms. The lowest BCUT2D eigenvalue weighted by molar-refractivity contribution is -0.710. The van der Waals surface area contributed by atoms with Gasteiger partial charge in [0.15, 0.2) is 5.76 Å². The molecule has 1 heterocycles. The smallest absolute Gasteiger partial charge is 0.158 e. The van der Waals surface area contributed by atoms with Crippen molar-refractivity contribution in [1.82, 2.24) is 0 Å². The molecule has 24 heavy (non-hydrogen) atoms. The molecule has 0 amide bonds. The summed E-state index contributed by atoms with van der Waals surface area (Å²) < 4.78 is 19.5. The number of furan rings is 1. The lowest BCUT2D eigenvalue weighted by Gasteiger charge is -2.17. The Balaban J connectivity index is 1.62. The fourth-order valence-electron chi connectivity index (χ4n) is 2.68. The van der Waals surface area contributed by atoms with E-state index >= 15 is 0 Å². The van der Waals surface area contributed by atoms with Crippen LogP contribution >= 0.6 is 0 Å². The topological polar surface area (TPSA) is 50.0 Å². The normalized spacial score (nSPS) is 13.6. The van der Waals surface area contributed by atoms with Gasteiger partial charge in [-0.1, -0.05) is 42.5 Å². The zero-order chi connectivity index (χ0) is 16.9. The lowest BCUT2D eigenvalue weighted by atomic mass is 10.0. The molecule has 0 saturated carbocycles. The number of nitrogens with two attached hydrogens (primary N) is 1. The summed E-state index contributed by atoms with van der Waals surface area (Å²) in [6, 6.07) is 19.7. The summed E-state index contributed by atoms with van der Waals surface area (Å²) in [7, 11) is 0. The maximum absolute atomic E-state index is 13.8. The minimum Gasteiger partial charge on any atom is -0.455 e. The van der Waals surface area contributed by atoms with Crippen LogP contribution in [0.4, 0.5) is 4.39 Å². The maximum Gasteiger partial charge on any atom is 0.158 e. The number of benzene rings is 2. The van der Waals surface area contributed by atoms with Crippen LogP contribution in [0.5, 0.6) is 0 Å². The molecule has 124 valence electrons. The van der Waals surface area contributed by atoms with Gasteiger partial charge in [0.25, 0.3) is 0 Å². The predicted octanol–water partition coefficient (Wildman–Crippen LogP) is 3.27. The number of quaternary nitrogens is 1. The average molecular weight is 326 g/mol. The van der Waals surface area contributed by atoms with Crippen LogP contribution in [0, 0.1) is 5.82 Å². The van der Waals surface area contributed by atoms with Crippen molar-refractivity contribution < 1.29 is 19.2 Å². The van der Waals surface area contributed by atoms with E-state index in [0.29, 0.717) is 17.9 Å². The van der Waals surface area contributed by atoms with Gasteiger partial charge in [-0.05, 0) is 36.8 Å². The zero-order valence-electron chi connectivity index (χ0n) is 13.5. The number of hydrogen-bond donors (Lipinski definition) is 2. The molecule has 0 aliphatic rings. The third kappa shape index (κ3) is 3.72. The van der Waals surface area contributed by atoms with E-state index in [-0.39, 0.29) is 11.9 Å². The van der Waals surface area contributed by atoms with Gasteiger partial charge in [-0.25, -0.2) is 4.39 Å². The molecule has 0 aliphatic heterocycles. The molecule has 3 rings (SSSR count). The minimum atomic E-state index is -0.549. The summed E-state index contributed by atoms with van der Waals surface area (Å²) in [5.74, 6) is 0.975. The van der Waals surface area contributed by atoms with Gasteiger partial charge < -0.3 is 14.8 Å². The highest BCUT2D eigenvalue weighted by Gasteiger charge is 2.19. The predicted molar refractivity (Wildman–Crippen MR) is 90.6 cm³/mol. The third-order valence-corrected chi connectivity index (χ3v) is 4.13. The van der Waals surface area contributed by atoms with Crippen molar-refractivity contribution >= 4 is 0 Å². The van der Waals surface area contributed by atoms with Crippen LogP contribution in [0.2, 0.25) is 0 Å². The van der Waals surface area contributed by atoms with E-state index in [1.54, 1.807) is 24.3 Å². The highest BCUT2D eigenvalue weighted by atomic mass is 19.1. The summed E-state index contributed by atoms with van der Waals surface area (Å²) in [6.45, 7) is 2.55. The Morgan fingerprint density at radius 2 is 1.71 bits per heavy atom. The Kier molecular flexibility index (Phi) is 5.08. The lowest BCUT2D eigenvalue weighted by Crippen LogP contribution is -2.88. The van der Waals surface area contributed by atoms with E-state index in [1.807, 2.05) is 48.6 Å². The van der Waals surface area contributed by atoms with Crippen molar-refractivity contribution in [2.75, 3.05) is 0 Å². The Morgan fingerprint density at radius 1 is 1.00 bits per heavy atom. The first-order valence-corrected chi connectivity index (χ1v) is 8.05. The molecular weight excluding hydrogens is 305 g/mol. The molecule has 0 bridgehead atoms. The molecule has 3 aromatic rings. The van der Waals surface area contributed by atoms with Gasteiger partial charge in [0.2, 0.25) is 0 Å². The molecule has 2 atom stereocenters. The first-order chi connectivity index (χ1) is 11.6. The molecule has 0 radical (unpaired) electrons. The van der Waals surface area contributed by atoms with Crippen molar-refractivity contribution in [3.05, 3.63) is 83.9 Å². The first kappa shape index (κ1) is 16.4. The van der Waals surface area contributed by atoms with Crippen LogP contribution in [0.1, 0.15) is 24.4 Å². The number of aliphatic hydroxyl groups excluding tert-OH is 1. The van der Waals surface area contributed by atoms with E-state index in [1.165, 1.54) is 6.07 Å². The van der Waals surface area contributed by atoms with Crippen molar-refractivity contribution in [2.45, 2.75) is 25.6 Å². The van der Waals surface area contributed by atoms with Crippen molar-refractivity contribution in [1.29, 1.82) is 0 Å². The monoisotopic (exact) mass is 326 g/mol. The number of aliphatic hydroxyl groups is 1. The molecule has 0 saturated heterocycles. The Hall–Kier alpha value is -2.43. The van der Waals surface area contributed by atoms with Gasteiger partial charge in [0, 0.05) is 0 Å². The van der Waals surface area contributed by atoms with Gasteiger partial charge in [-0.3, -0.25) is 0 Å². The second-order valence-corrected chi connectivity index (χ2v) is 5.90. The van der Waals surface area contributed by atoms with Gasteiger partial charge in [-0.2, -0.15) is 0 Å². The summed E-state index contributed by atoms with van der Waals surface area (Å²) in [5.41, 5.74) is 1.36. The number of halogens is 1. The molecule has 2 aromatic carbocycles. The Morgan fingerprint density at radius 3 is 2.46 bits per heavy atom. The van der Waals surface area contributed by atoms with Crippen LogP contribution in [-0.4, -0.2) is 11.1 Å². The number of rotatable bonds is 6. The second-order valence-electron chi connectivity index (χ2n) is 5.90. The molecule has 4 heteroatoms. The molecular formula is C20H21FNO2+. The molecule has 1 aromatic heterocycles. The fraction of sp³-hybridized carbons (Fsp3) is 0.200. The van der Waals surface area contributed by atoms with Crippen molar-refractivity contribution in [3.63, 3.8) is 0 Å². The summed E-state index contributed by atoms with van der Waals surface area (Å²) >= 11 is 0. The maximum atomic E-state index is 13.8. The Labute approximate surface area is 140 Å². The first-order valence-electron chi connectivity index (χ1n) is 8.05. The van der Waals surface area contributed by atoms with Gasteiger partial charge >= 0.3 is 0 Å². The molecule has 3 nitrogen and oxygen atoms in total.